The molecule has 0 fully saturated rings. The smallest absolute Gasteiger partial charge is 0.191 e. The zero-order valence-corrected chi connectivity index (χ0v) is 10.5. The number of anilines is 1. The van der Waals surface area contributed by atoms with Gasteiger partial charge < -0.3 is 10.3 Å². The number of nitrogen functional groups attached to an aromatic ring is 1. The summed E-state index contributed by atoms with van der Waals surface area (Å²) in [6.07, 6.45) is 0. The van der Waals surface area contributed by atoms with Gasteiger partial charge in [0.2, 0.25) is 0 Å². The molecule has 2 N–H and O–H groups in total. The van der Waals surface area contributed by atoms with Crippen LogP contribution in [0.2, 0.25) is 0 Å². The summed E-state index contributed by atoms with van der Waals surface area (Å²) >= 11 is 1.45. The lowest BCUT2D eigenvalue weighted by molar-refractivity contribution is 0.618. The quantitative estimate of drug-likeness (QED) is 0.671. The van der Waals surface area contributed by atoms with Crippen LogP contribution in [-0.4, -0.2) is 14.8 Å². The number of nitrogens with two attached hydrogens (primary N) is 1. The van der Waals surface area contributed by atoms with Gasteiger partial charge in [0.25, 0.3) is 0 Å². The lowest BCUT2D eigenvalue weighted by Gasteiger charge is -2.04. The molecule has 0 unspecified atom stereocenters. The summed E-state index contributed by atoms with van der Waals surface area (Å²) in [5, 5.41) is 8.73. The predicted octanol–water partition coefficient (Wildman–Crippen LogP) is 2.14. The van der Waals surface area contributed by atoms with Gasteiger partial charge in [-0.2, -0.15) is 0 Å². The third-order valence-electron chi connectivity index (χ3n) is 2.49. The Bertz CT molecular complexity index is 538. The second-order valence-corrected chi connectivity index (χ2v) is 4.67. The van der Waals surface area contributed by atoms with Crippen LogP contribution in [0.5, 0.6) is 0 Å². The highest BCUT2D eigenvalue weighted by Gasteiger charge is 2.08. The number of halogens is 1. The summed E-state index contributed by atoms with van der Waals surface area (Å²) < 4.78 is 15.4. The molecule has 4 nitrogen and oxygen atoms in total. The number of rotatable bonds is 3. The first-order valence-electron chi connectivity index (χ1n) is 5.10. The Morgan fingerprint density at radius 3 is 2.76 bits per heavy atom. The van der Waals surface area contributed by atoms with Crippen LogP contribution in [0, 0.1) is 12.7 Å². The number of aryl methyl sites for hydroxylation is 1. The van der Waals surface area contributed by atoms with Gasteiger partial charge >= 0.3 is 0 Å². The maximum Gasteiger partial charge on any atom is 0.191 e. The molecular formula is C11H13FN4S. The van der Waals surface area contributed by atoms with Gasteiger partial charge in [-0.1, -0.05) is 17.8 Å². The fourth-order valence-corrected chi connectivity index (χ4v) is 2.28. The van der Waals surface area contributed by atoms with E-state index in [1.54, 1.807) is 12.1 Å². The minimum absolute atomic E-state index is 0.281. The van der Waals surface area contributed by atoms with Crippen molar-refractivity contribution in [3.63, 3.8) is 0 Å². The van der Waals surface area contributed by atoms with E-state index in [0.717, 1.165) is 11.0 Å². The molecule has 0 aliphatic heterocycles. The van der Waals surface area contributed by atoms with E-state index in [0.29, 0.717) is 17.0 Å². The Hall–Kier alpha value is -1.56. The van der Waals surface area contributed by atoms with Crippen molar-refractivity contribution in [3.8, 4) is 0 Å². The average molecular weight is 252 g/mol. The minimum atomic E-state index is -0.281. The van der Waals surface area contributed by atoms with Crippen LogP contribution in [0.4, 0.5) is 10.1 Å². The Morgan fingerprint density at radius 2 is 2.18 bits per heavy atom. The topological polar surface area (TPSA) is 56.7 Å². The van der Waals surface area contributed by atoms with Crippen molar-refractivity contribution in [2.45, 2.75) is 17.8 Å². The van der Waals surface area contributed by atoms with Crippen molar-refractivity contribution < 1.29 is 4.39 Å². The van der Waals surface area contributed by atoms with E-state index in [1.807, 2.05) is 18.5 Å². The summed E-state index contributed by atoms with van der Waals surface area (Å²) in [6.45, 7) is 1.88. The number of thioether (sulfide) groups is 1. The zero-order chi connectivity index (χ0) is 12.4. The van der Waals surface area contributed by atoms with Crippen molar-refractivity contribution in [2.24, 2.45) is 7.05 Å². The van der Waals surface area contributed by atoms with Crippen LogP contribution < -0.4 is 5.73 Å². The molecule has 0 spiro atoms. The van der Waals surface area contributed by atoms with Crippen LogP contribution in [0.25, 0.3) is 0 Å². The third-order valence-corrected chi connectivity index (χ3v) is 3.56. The largest absolute Gasteiger partial charge is 0.399 e. The second kappa shape index (κ2) is 4.75. The first-order valence-corrected chi connectivity index (χ1v) is 6.09. The molecule has 2 aromatic rings. The van der Waals surface area contributed by atoms with Gasteiger partial charge in [0.15, 0.2) is 5.16 Å². The standard InChI is InChI=1S/C11H13FN4S/c1-7-14-15-11(16(7)2)17-6-8-3-4-9(13)5-10(8)12/h3-5H,6,13H2,1-2H3. The van der Waals surface area contributed by atoms with Gasteiger partial charge in [-0.05, 0) is 24.6 Å². The van der Waals surface area contributed by atoms with Crippen molar-refractivity contribution in [1.82, 2.24) is 14.8 Å². The second-order valence-electron chi connectivity index (χ2n) is 3.73. The van der Waals surface area contributed by atoms with Gasteiger partial charge in [-0.25, -0.2) is 4.39 Å². The van der Waals surface area contributed by atoms with Crippen molar-refractivity contribution >= 4 is 17.4 Å². The van der Waals surface area contributed by atoms with E-state index in [-0.39, 0.29) is 5.82 Å². The lowest BCUT2D eigenvalue weighted by atomic mass is 10.2. The monoisotopic (exact) mass is 252 g/mol. The Kier molecular flexibility index (Phi) is 3.33. The van der Waals surface area contributed by atoms with Crippen LogP contribution in [0.15, 0.2) is 23.4 Å². The summed E-state index contributed by atoms with van der Waals surface area (Å²) in [5.41, 5.74) is 6.54. The van der Waals surface area contributed by atoms with E-state index in [1.165, 1.54) is 17.8 Å². The molecule has 0 aliphatic carbocycles. The molecule has 0 aliphatic rings. The number of aromatic nitrogens is 3. The molecule has 0 amide bonds. The van der Waals surface area contributed by atoms with Crippen molar-refractivity contribution in [2.75, 3.05) is 5.73 Å². The predicted molar refractivity (Wildman–Crippen MR) is 66.1 cm³/mol. The Labute approximate surface area is 103 Å². The van der Waals surface area contributed by atoms with Gasteiger partial charge in [0.1, 0.15) is 11.6 Å². The third kappa shape index (κ3) is 2.58. The molecule has 1 heterocycles. The molecular weight excluding hydrogens is 239 g/mol. The van der Waals surface area contributed by atoms with Gasteiger partial charge in [-0.15, -0.1) is 10.2 Å². The maximum absolute atomic E-state index is 13.5. The van der Waals surface area contributed by atoms with E-state index in [2.05, 4.69) is 10.2 Å². The first-order chi connectivity index (χ1) is 8.08. The van der Waals surface area contributed by atoms with E-state index < -0.39 is 0 Å². The highest BCUT2D eigenvalue weighted by atomic mass is 32.2. The van der Waals surface area contributed by atoms with Crippen molar-refractivity contribution in [1.29, 1.82) is 0 Å². The summed E-state index contributed by atoms with van der Waals surface area (Å²) in [4.78, 5) is 0. The molecule has 0 atom stereocenters. The van der Waals surface area contributed by atoms with Gasteiger partial charge in [0.05, 0.1) is 0 Å². The average Bonchev–Trinajstić information content (AvgIpc) is 2.59. The van der Waals surface area contributed by atoms with Gasteiger partial charge in [-0.3, -0.25) is 0 Å². The first kappa shape index (κ1) is 11.9. The molecule has 17 heavy (non-hydrogen) atoms. The fraction of sp³-hybridized carbons (Fsp3) is 0.273. The molecule has 0 saturated carbocycles. The maximum atomic E-state index is 13.5. The van der Waals surface area contributed by atoms with Crippen LogP contribution in [0.3, 0.4) is 0 Å². The van der Waals surface area contributed by atoms with E-state index >= 15 is 0 Å². The van der Waals surface area contributed by atoms with Crippen LogP contribution >= 0.6 is 11.8 Å². The van der Waals surface area contributed by atoms with E-state index in [9.17, 15) is 4.39 Å². The van der Waals surface area contributed by atoms with Crippen LogP contribution in [0.1, 0.15) is 11.4 Å². The van der Waals surface area contributed by atoms with Crippen LogP contribution in [-0.2, 0) is 12.8 Å². The summed E-state index contributed by atoms with van der Waals surface area (Å²) in [7, 11) is 1.89. The summed E-state index contributed by atoms with van der Waals surface area (Å²) in [6, 6.07) is 4.72. The normalized spacial score (nSPS) is 10.8. The number of hydrogen-bond donors (Lipinski definition) is 1. The molecule has 1 aromatic heterocycles. The van der Waals surface area contributed by atoms with Gasteiger partial charge in [0, 0.05) is 18.5 Å². The van der Waals surface area contributed by atoms with E-state index in [4.69, 9.17) is 5.73 Å². The highest BCUT2D eigenvalue weighted by molar-refractivity contribution is 7.98. The summed E-state index contributed by atoms with van der Waals surface area (Å²) in [5.74, 6) is 1.07. The molecule has 0 radical (unpaired) electrons. The Balaban J connectivity index is 2.10. The zero-order valence-electron chi connectivity index (χ0n) is 9.64. The number of benzene rings is 1. The SMILES string of the molecule is Cc1nnc(SCc2ccc(N)cc2F)n1C. The minimum Gasteiger partial charge on any atom is -0.399 e. The molecule has 90 valence electrons. The molecule has 2 rings (SSSR count). The Morgan fingerprint density at radius 1 is 1.41 bits per heavy atom. The number of nitrogens with zero attached hydrogens (tertiary/aromatic N) is 3. The molecule has 0 saturated heterocycles. The molecule has 1 aromatic carbocycles. The fourth-order valence-electron chi connectivity index (χ4n) is 1.34. The lowest BCUT2D eigenvalue weighted by Crippen LogP contribution is -1.95. The number of hydrogen-bond acceptors (Lipinski definition) is 4. The molecule has 6 heteroatoms. The molecule has 0 bridgehead atoms. The highest BCUT2D eigenvalue weighted by Crippen LogP contribution is 2.23. The van der Waals surface area contributed by atoms with Crippen molar-refractivity contribution in [3.05, 3.63) is 35.4 Å².